The Kier molecular flexibility index (Phi) is 3.75. The molecule has 0 atom stereocenters. The van der Waals surface area contributed by atoms with E-state index in [-0.39, 0.29) is 31.5 Å². The summed E-state index contributed by atoms with van der Waals surface area (Å²) < 4.78 is 5.06. The third-order valence-corrected chi connectivity index (χ3v) is 3.87. The van der Waals surface area contributed by atoms with Gasteiger partial charge in [0.2, 0.25) is 0 Å². The molecule has 2 N–H and O–H groups in total. The molecule has 2 saturated heterocycles. The van der Waals surface area contributed by atoms with Gasteiger partial charge in [-0.1, -0.05) is 18.2 Å². The molecule has 0 bridgehead atoms. The lowest BCUT2D eigenvalue weighted by Crippen LogP contribution is -2.47. The Morgan fingerprint density at radius 1 is 1.52 bits per heavy atom. The molecule has 0 radical (unpaired) electrons. The zero-order valence-electron chi connectivity index (χ0n) is 12.8. The molecular formula is C16H18N4O3. The number of allylic oxidation sites excluding steroid dienone is 1. The van der Waals surface area contributed by atoms with Gasteiger partial charge in [0, 0.05) is 0 Å². The monoisotopic (exact) mass is 314 g/mol. The Morgan fingerprint density at radius 3 is 2.83 bits per heavy atom. The van der Waals surface area contributed by atoms with Gasteiger partial charge < -0.3 is 9.84 Å². The molecular weight excluding hydrogens is 296 g/mol. The molecule has 2 aliphatic rings. The minimum absolute atomic E-state index is 0.0563. The molecule has 3 heterocycles. The van der Waals surface area contributed by atoms with Gasteiger partial charge in [-0.2, -0.15) is 0 Å². The van der Waals surface area contributed by atoms with E-state index in [0.717, 1.165) is 0 Å². The summed E-state index contributed by atoms with van der Waals surface area (Å²) in [6, 6.07) is 5.15. The van der Waals surface area contributed by atoms with E-state index in [1.54, 1.807) is 37.3 Å². The van der Waals surface area contributed by atoms with Crippen molar-refractivity contribution >= 4 is 17.6 Å². The first kappa shape index (κ1) is 15.4. The highest BCUT2D eigenvalue weighted by molar-refractivity contribution is 6.30. The third-order valence-electron chi connectivity index (χ3n) is 3.87. The number of nitrogens with one attached hydrogen (secondary N) is 1. The van der Waals surface area contributed by atoms with Gasteiger partial charge in [0.15, 0.2) is 17.3 Å². The summed E-state index contributed by atoms with van der Waals surface area (Å²) in [6.07, 6.45) is 3.20. The molecule has 0 aliphatic carbocycles. The van der Waals surface area contributed by atoms with E-state index in [4.69, 9.17) is 10.1 Å². The maximum atomic E-state index is 12.4. The predicted octanol–water partition coefficient (Wildman–Crippen LogP) is 0.973. The number of nitrogens with zero attached hydrogens (tertiary/aromatic N) is 3. The molecule has 0 unspecified atom stereocenters. The lowest BCUT2D eigenvalue weighted by Gasteiger charge is -2.36. The van der Waals surface area contributed by atoms with Crippen molar-refractivity contribution < 1.29 is 14.6 Å². The lowest BCUT2D eigenvalue weighted by atomic mass is 9.97. The zero-order chi connectivity index (χ0) is 16.6. The number of hydrogen-bond donors (Lipinski definition) is 2. The quantitative estimate of drug-likeness (QED) is 0.638. The first-order valence-corrected chi connectivity index (χ1v) is 7.27. The molecule has 0 saturated carbocycles. The van der Waals surface area contributed by atoms with Crippen molar-refractivity contribution in [3.8, 4) is 0 Å². The molecule has 0 spiro atoms. The van der Waals surface area contributed by atoms with Gasteiger partial charge in [0.05, 0.1) is 31.0 Å². The number of amidine groups is 1. The van der Waals surface area contributed by atoms with Crippen molar-refractivity contribution in [1.29, 1.82) is 5.41 Å². The number of pyridine rings is 1. The Bertz CT molecular complexity index is 709. The molecule has 2 fully saturated rings. The van der Waals surface area contributed by atoms with Crippen LogP contribution in [-0.4, -0.2) is 46.6 Å². The van der Waals surface area contributed by atoms with E-state index in [1.807, 2.05) is 0 Å². The average molecular weight is 314 g/mol. The molecule has 3 rings (SSSR count). The fraction of sp³-hybridized carbons (Fsp3) is 0.312. The summed E-state index contributed by atoms with van der Waals surface area (Å²) in [5.74, 6) is 0.191. The molecule has 1 aromatic heterocycles. The van der Waals surface area contributed by atoms with E-state index < -0.39 is 5.60 Å². The summed E-state index contributed by atoms with van der Waals surface area (Å²) in [5.41, 5.74) is -0.326. The maximum absolute atomic E-state index is 12.4. The van der Waals surface area contributed by atoms with Crippen LogP contribution in [0.5, 0.6) is 0 Å². The molecule has 1 aromatic rings. The van der Waals surface area contributed by atoms with Crippen LogP contribution in [0.1, 0.15) is 12.6 Å². The van der Waals surface area contributed by atoms with Gasteiger partial charge in [-0.05, 0) is 19.1 Å². The van der Waals surface area contributed by atoms with Crippen LogP contribution in [-0.2, 0) is 15.1 Å². The molecule has 7 nitrogen and oxygen atoms in total. The minimum Gasteiger partial charge on any atom is -0.379 e. The second kappa shape index (κ2) is 5.60. The Hall–Kier alpha value is -2.51. The maximum Gasteiger partial charge on any atom is 0.276 e. The Balaban J connectivity index is 2.02. The number of ether oxygens (including phenoxy) is 1. The normalized spacial score (nSPS) is 21.7. The number of hydrogen-bond acceptors (Lipinski definition) is 5. The smallest absolute Gasteiger partial charge is 0.276 e. The van der Waals surface area contributed by atoms with E-state index in [1.165, 1.54) is 10.0 Å². The molecule has 7 heteroatoms. The first-order chi connectivity index (χ1) is 11.0. The van der Waals surface area contributed by atoms with Gasteiger partial charge in [0.1, 0.15) is 0 Å². The van der Waals surface area contributed by atoms with Crippen LogP contribution in [0.4, 0.5) is 5.82 Å². The molecule has 23 heavy (non-hydrogen) atoms. The number of hydrazine groups is 1. The van der Waals surface area contributed by atoms with E-state index in [0.29, 0.717) is 17.1 Å². The highest BCUT2D eigenvalue weighted by Gasteiger charge is 2.42. The predicted molar refractivity (Wildman–Crippen MR) is 84.8 cm³/mol. The van der Waals surface area contributed by atoms with E-state index in [9.17, 15) is 9.90 Å². The van der Waals surface area contributed by atoms with Crippen LogP contribution < -0.4 is 5.01 Å². The van der Waals surface area contributed by atoms with Crippen LogP contribution in [0.15, 0.2) is 42.5 Å². The van der Waals surface area contributed by atoms with Crippen molar-refractivity contribution in [2.24, 2.45) is 0 Å². The summed E-state index contributed by atoms with van der Waals surface area (Å²) in [7, 11) is 0. The van der Waals surface area contributed by atoms with E-state index in [2.05, 4.69) is 11.6 Å². The number of amides is 1. The Morgan fingerprint density at radius 2 is 2.26 bits per heavy atom. The molecule has 2 aliphatic heterocycles. The molecule has 1 amide bonds. The minimum atomic E-state index is -1.10. The lowest BCUT2D eigenvalue weighted by molar-refractivity contribution is -0.186. The molecule has 0 aromatic carbocycles. The molecule has 120 valence electrons. The Labute approximate surface area is 134 Å². The number of carbonyl (C=O) groups is 1. The number of carbonyl (C=O) groups excluding carboxylic acids is 1. The van der Waals surface area contributed by atoms with Crippen LogP contribution in [0.3, 0.4) is 0 Å². The van der Waals surface area contributed by atoms with Gasteiger partial charge in [-0.3, -0.25) is 10.2 Å². The topological polar surface area (TPSA) is 89.8 Å². The number of aromatic nitrogens is 1. The van der Waals surface area contributed by atoms with Crippen LogP contribution in [0, 0.1) is 5.41 Å². The third kappa shape index (κ3) is 2.34. The van der Waals surface area contributed by atoms with Crippen molar-refractivity contribution in [2.75, 3.05) is 24.8 Å². The second-order valence-corrected chi connectivity index (χ2v) is 5.44. The largest absolute Gasteiger partial charge is 0.379 e. The fourth-order valence-electron chi connectivity index (χ4n) is 2.59. The number of rotatable bonds is 4. The van der Waals surface area contributed by atoms with Crippen LogP contribution >= 0.6 is 0 Å². The number of anilines is 1. The zero-order valence-corrected chi connectivity index (χ0v) is 12.8. The van der Waals surface area contributed by atoms with Crippen molar-refractivity contribution in [3.63, 3.8) is 0 Å². The standard InChI is InChI=1S/C16H18N4O3/c1-3-8-19-15(21)11(4-2)14(17)20(19)13-7-5-6-12(18-13)16(22)9-23-10-16/h3-7,17,22H,1,8-10H2,2H3/b11-4+,17-14?. The van der Waals surface area contributed by atoms with Gasteiger partial charge >= 0.3 is 0 Å². The SMILES string of the molecule is C=CCN1C(=O)/C(=C/C)C(=N)N1c1cccc(C2(O)COC2)n1. The summed E-state index contributed by atoms with van der Waals surface area (Å²) in [4.78, 5) is 16.8. The summed E-state index contributed by atoms with van der Waals surface area (Å²) >= 11 is 0. The summed E-state index contributed by atoms with van der Waals surface area (Å²) in [5, 5.41) is 21.5. The van der Waals surface area contributed by atoms with E-state index >= 15 is 0 Å². The van der Waals surface area contributed by atoms with Crippen molar-refractivity contribution in [2.45, 2.75) is 12.5 Å². The highest BCUT2D eigenvalue weighted by atomic mass is 16.5. The first-order valence-electron chi connectivity index (χ1n) is 7.27. The fourth-order valence-corrected chi connectivity index (χ4v) is 2.59. The van der Waals surface area contributed by atoms with Gasteiger partial charge in [-0.25, -0.2) is 15.0 Å². The number of aliphatic hydroxyl groups is 1. The van der Waals surface area contributed by atoms with Crippen LogP contribution in [0.2, 0.25) is 0 Å². The summed E-state index contributed by atoms with van der Waals surface area (Å²) in [6.45, 7) is 6.02. The second-order valence-electron chi connectivity index (χ2n) is 5.44. The van der Waals surface area contributed by atoms with Crippen molar-refractivity contribution in [1.82, 2.24) is 9.99 Å². The highest BCUT2D eigenvalue weighted by Crippen LogP contribution is 2.31. The average Bonchev–Trinajstić information content (AvgIpc) is 2.76. The van der Waals surface area contributed by atoms with Crippen LogP contribution in [0.25, 0.3) is 0 Å². The van der Waals surface area contributed by atoms with Gasteiger partial charge in [0.25, 0.3) is 5.91 Å². The van der Waals surface area contributed by atoms with Crippen molar-refractivity contribution in [3.05, 3.63) is 48.2 Å². The van der Waals surface area contributed by atoms with Gasteiger partial charge in [-0.15, -0.1) is 6.58 Å².